The molecule has 0 radical (unpaired) electrons. The molecular formula is C14H14BrN3O2. The molecule has 0 bridgehead atoms. The number of aromatic nitrogens is 2. The lowest BCUT2D eigenvalue weighted by Crippen LogP contribution is -1.98. The third-order valence-corrected chi connectivity index (χ3v) is 3.46. The summed E-state index contributed by atoms with van der Waals surface area (Å²) in [5.41, 5.74) is 0.848. The first-order chi connectivity index (χ1) is 9.63. The second-order valence-electron chi connectivity index (χ2n) is 4.53. The van der Waals surface area contributed by atoms with E-state index in [0.29, 0.717) is 24.6 Å². The standard InChI is InChI=1S/C14H14BrN3O2/c1-9(5-6-16)7-13-17-14(18-20-13)10-3-4-12(19-2)11(15)8-10/h3-4,8-9H,5,7H2,1-2H3. The van der Waals surface area contributed by atoms with Crippen molar-refractivity contribution in [1.82, 2.24) is 10.1 Å². The van der Waals surface area contributed by atoms with Crippen LogP contribution in [0.25, 0.3) is 11.4 Å². The quantitative estimate of drug-likeness (QED) is 0.834. The van der Waals surface area contributed by atoms with E-state index in [1.54, 1.807) is 7.11 Å². The fourth-order valence-electron chi connectivity index (χ4n) is 1.79. The largest absolute Gasteiger partial charge is 0.496 e. The molecule has 0 fully saturated rings. The average Bonchev–Trinajstić information content (AvgIpc) is 2.87. The van der Waals surface area contributed by atoms with E-state index in [1.807, 2.05) is 25.1 Å². The maximum Gasteiger partial charge on any atom is 0.227 e. The SMILES string of the molecule is COc1ccc(-c2noc(CC(C)CC#N)n2)cc1Br. The molecule has 20 heavy (non-hydrogen) atoms. The van der Waals surface area contributed by atoms with E-state index in [-0.39, 0.29) is 5.92 Å². The normalized spacial score (nSPS) is 11.9. The van der Waals surface area contributed by atoms with Crippen LogP contribution < -0.4 is 4.74 Å². The minimum absolute atomic E-state index is 0.205. The van der Waals surface area contributed by atoms with E-state index < -0.39 is 0 Å². The van der Waals surface area contributed by atoms with Crippen molar-refractivity contribution < 1.29 is 9.26 Å². The third-order valence-electron chi connectivity index (χ3n) is 2.84. The van der Waals surface area contributed by atoms with Gasteiger partial charge in [0, 0.05) is 18.4 Å². The minimum atomic E-state index is 0.205. The lowest BCUT2D eigenvalue weighted by molar-refractivity contribution is 0.359. The van der Waals surface area contributed by atoms with Gasteiger partial charge in [0.1, 0.15) is 5.75 Å². The van der Waals surface area contributed by atoms with Gasteiger partial charge in [0.25, 0.3) is 0 Å². The number of ether oxygens (including phenoxy) is 1. The van der Waals surface area contributed by atoms with Crippen molar-refractivity contribution in [3.63, 3.8) is 0 Å². The average molecular weight is 336 g/mol. The van der Waals surface area contributed by atoms with E-state index in [1.165, 1.54) is 0 Å². The van der Waals surface area contributed by atoms with Gasteiger partial charge in [-0.25, -0.2) is 0 Å². The monoisotopic (exact) mass is 335 g/mol. The molecule has 0 N–H and O–H groups in total. The number of hydrogen-bond donors (Lipinski definition) is 0. The number of halogens is 1. The van der Waals surface area contributed by atoms with Crippen molar-refractivity contribution >= 4 is 15.9 Å². The van der Waals surface area contributed by atoms with Gasteiger partial charge >= 0.3 is 0 Å². The predicted molar refractivity (Wildman–Crippen MR) is 77.1 cm³/mol. The molecule has 1 aromatic heterocycles. The molecule has 0 spiro atoms. The van der Waals surface area contributed by atoms with Gasteiger partial charge < -0.3 is 9.26 Å². The Kier molecular flexibility index (Phi) is 4.74. The van der Waals surface area contributed by atoms with Crippen molar-refractivity contribution in [3.8, 4) is 23.2 Å². The first-order valence-electron chi connectivity index (χ1n) is 6.17. The molecule has 2 aromatic rings. The molecule has 0 aliphatic heterocycles. The Morgan fingerprint density at radius 3 is 2.95 bits per heavy atom. The highest BCUT2D eigenvalue weighted by Crippen LogP contribution is 2.29. The molecule has 0 saturated carbocycles. The number of nitriles is 1. The maximum absolute atomic E-state index is 8.64. The van der Waals surface area contributed by atoms with Gasteiger partial charge in [-0.3, -0.25) is 0 Å². The van der Waals surface area contributed by atoms with Gasteiger partial charge in [-0.15, -0.1) is 0 Å². The number of rotatable bonds is 5. The van der Waals surface area contributed by atoms with Gasteiger partial charge in [-0.2, -0.15) is 10.2 Å². The van der Waals surface area contributed by atoms with Crippen molar-refractivity contribution in [2.45, 2.75) is 19.8 Å². The summed E-state index contributed by atoms with van der Waals surface area (Å²) in [6.45, 7) is 1.98. The molecule has 1 unspecified atom stereocenters. The Hall–Kier alpha value is -1.87. The molecule has 0 amide bonds. The van der Waals surface area contributed by atoms with Crippen LogP contribution in [0.5, 0.6) is 5.75 Å². The number of benzene rings is 1. The zero-order valence-electron chi connectivity index (χ0n) is 11.3. The van der Waals surface area contributed by atoms with E-state index >= 15 is 0 Å². The van der Waals surface area contributed by atoms with Crippen LogP contribution in [0.4, 0.5) is 0 Å². The summed E-state index contributed by atoms with van der Waals surface area (Å²) in [5, 5.41) is 12.6. The number of hydrogen-bond acceptors (Lipinski definition) is 5. The molecule has 0 aliphatic carbocycles. The fraction of sp³-hybridized carbons (Fsp3) is 0.357. The molecule has 1 atom stereocenters. The van der Waals surface area contributed by atoms with Crippen LogP contribution in [0.15, 0.2) is 27.2 Å². The van der Waals surface area contributed by atoms with E-state index in [2.05, 4.69) is 32.1 Å². The van der Waals surface area contributed by atoms with Crippen LogP contribution in [0.3, 0.4) is 0 Å². The molecule has 0 aliphatic rings. The first kappa shape index (κ1) is 14.5. The Morgan fingerprint density at radius 1 is 1.50 bits per heavy atom. The Morgan fingerprint density at radius 2 is 2.30 bits per heavy atom. The van der Waals surface area contributed by atoms with Crippen molar-refractivity contribution in [3.05, 3.63) is 28.6 Å². The van der Waals surface area contributed by atoms with E-state index in [4.69, 9.17) is 14.5 Å². The summed E-state index contributed by atoms with van der Waals surface area (Å²) < 4.78 is 11.2. The molecule has 104 valence electrons. The van der Waals surface area contributed by atoms with Crippen LogP contribution in [0.2, 0.25) is 0 Å². The van der Waals surface area contributed by atoms with E-state index in [0.717, 1.165) is 15.8 Å². The molecule has 5 nitrogen and oxygen atoms in total. The smallest absolute Gasteiger partial charge is 0.227 e. The molecule has 2 rings (SSSR count). The summed E-state index contributed by atoms with van der Waals surface area (Å²) in [4.78, 5) is 4.35. The second-order valence-corrected chi connectivity index (χ2v) is 5.39. The second kappa shape index (κ2) is 6.53. The molecular weight excluding hydrogens is 322 g/mol. The van der Waals surface area contributed by atoms with Gasteiger partial charge in [0.05, 0.1) is 17.7 Å². The van der Waals surface area contributed by atoms with Gasteiger partial charge in [0.2, 0.25) is 11.7 Å². The van der Waals surface area contributed by atoms with Crippen LogP contribution >= 0.6 is 15.9 Å². The van der Waals surface area contributed by atoms with Crippen molar-refractivity contribution in [2.75, 3.05) is 7.11 Å². The van der Waals surface area contributed by atoms with E-state index in [9.17, 15) is 0 Å². The fourth-order valence-corrected chi connectivity index (χ4v) is 2.33. The third kappa shape index (κ3) is 3.36. The van der Waals surface area contributed by atoms with Gasteiger partial charge in [-0.05, 0) is 40.0 Å². The maximum atomic E-state index is 8.64. The van der Waals surface area contributed by atoms with Gasteiger partial charge in [-0.1, -0.05) is 12.1 Å². The highest BCUT2D eigenvalue weighted by Gasteiger charge is 2.13. The summed E-state index contributed by atoms with van der Waals surface area (Å²) in [5.74, 6) is 2.04. The molecule has 0 saturated heterocycles. The van der Waals surface area contributed by atoms with Crippen LogP contribution in [-0.2, 0) is 6.42 Å². The lowest BCUT2D eigenvalue weighted by Gasteiger charge is -2.03. The Labute approximate surface area is 125 Å². The zero-order chi connectivity index (χ0) is 14.5. The van der Waals surface area contributed by atoms with Crippen LogP contribution in [0.1, 0.15) is 19.2 Å². The Balaban J connectivity index is 2.16. The lowest BCUT2D eigenvalue weighted by atomic mass is 10.1. The number of nitrogens with zero attached hydrogens (tertiary/aromatic N) is 3. The minimum Gasteiger partial charge on any atom is -0.496 e. The van der Waals surface area contributed by atoms with Crippen molar-refractivity contribution in [2.24, 2.45) is 5.92 Å². The van der Waals surface area contributed by atoms with Crippen LogP contribution in [-0.4, -0.2) is 17.3 Å². The summed E-state index contributed by atoms with van der Waals surface area (Å²) in [6, 6.07) is 7.73. The topological polar surface area (TPSA) is 71.9 Å². The highest BCUT2D eigenvalue weighted by atomic mass is 79.9. The highest BCUT2D eigenvalue weighted by molar-refractivity contribution is 9.10. The molecule has 6 heteroatoms. The summed E-state index contributed by atoms with van der Waals surface area (Å²) in [6.07, 6.45) is 1.09. The van der Waals surface area contributed by atoms with Crippen LogP contribution in [0, 0.1) is 17.2 Å². The molecule has 1 aromatic carbocycles. The predicted octanol–water partition coefficient (Wildman–Crippen LogP) is 3.60. The Bertz CT molecular complexity index is 634. The molecule has 1 heterocycles. The summed E-state index contributed by atoms with van der Waals surface area (Å²) in [7, 11) is 1.61. The van der Waals surface area contributed by atoms with Crippen molar-refractivity contribution in [1.29, 1.82) is 5.26 Å². The van der Waals surface area contributed by atoms with Gasteiger partial charge in [0.15, 0.2) is 0 Å². The zero-order valence-corrected chi connectivity index (χ0v) is 12.8. The first-order valence-corrected chi connectivity index (χ1v) is 6.96. The number of methoxy groups -OCH3 is 1. The summed E-state index contributed by atoms with van der Waals surface area (Å²) >= 11 is 3.43.